The zero-order chi connectivity index (χ0) is 21.8. The van der Waals surface area contributed by atoms with Crippen molar-refractivity contribution < 1.29 is 14.1 Å². The number of likely N-dealkylation sites (N-methyl/N-ethyl adjacent to an activating group) is 1. The molecule has 0 N–H and O–H groups in total. The first-order chi connectivity index (χ1) is 15.1. The minimum Gasteiger partial charge on any atom is -0.480 e. The summed E-state index contributed by atoms with van der Waals surface area (Å²) in [4.78, 5) is 18.9. The first-order valence-corrected chi connectivity index (χ1v) is 10.4. The number of benzene rings is 3. The molecule has 0 spiro atoms. The lowest BCUT2D eigenvalue weighted by atomic mass is 10.1. The van der Waals surface area contributed by atoms with Gasteiger partial charge in [-0.05, 0) is 30.0 Å². The highest BCUT2D eigenvalue weighted by atomic mass is 35.5. The summed E-state index contributed by atoms with van der Waals surface area (Å²) < 4.78 is 11.4. The fourth-order valence-corrected chi connectivity index (χ4v) is 3.58. The van der Waals surface area contributed by atoms with E-state index in [2.05, 4.69) is 10.1 Å². The third kappa shape index (κ3) is 4.54. The monoisotopic (exact) mass is 435 g/mol. The minimum atomic E-state index is -0.623. The van der Waals surface area contributed by atoms with Crippen LogP contribution >= 0.6 is 11.6 Å². The van der Waals surface area contributed by atoms with E-state index in [1.165, 1.54) is 4.90 Å². The van der Waals surface area contributed by atoms with E-state index in [0.29, 0.717) is 34.5 Å². The van der Waals surface area contributed by atoms with E-state index in [0.717, 1.165) is 10.8 Å². The molecule has 0 radical (unpaired) electrons. The molecule has 1 aromatic heterocycles. The van der Waals surface area contributed by atoms with Crippen LogP contribution in [-0.4, -0.2) is 34.1 Å². The molecule has 0 aliphatic heterocycles. The number of ether oxygens (including phenoxy) is 1. The van der Waals surface area contributed by atoms with Crippen molar-refractivity contribution >= 4 is 28.3 Å². The highest BCUT2D eigenvalue weighted by molar-refractivity contribution is 6.33. The van der Waals surface area contributed by atoms with Crippen molar-refractivity contribution in [1.29, 1.82) is 0 Å². The van der Waals surface area contributed by atoms with Crippen LogP contribution in [0.25, 0.3) is 22.2 Å². The van der Waals surface area contributed by atoms with Crippen LogP contribution in [0.2, 0.25) is 5.02 Å². The Kier molecular flexibility index (Phi) is 6.18. The zero-order valence-electron chi connectivity index (χ0n) is 17.3. The number of carbonyl (C=O) groups is 1. The lowest BCUT2D eigenvalue weighted by molar-refractivity contribution is -0.138. The lowest BCUT2D eigenvalue weighted by Crippen LogP contribution is -2.39. The SMILES string of the molecule is CCC(Oc1cccc2ccccc12)C(=O)N(C)Cc1nc(-c2ccccc2Cl)no1. The quantitative estimate of drug-likeness (QED) is 0.391. The fourth-order valence-electron chi connectivity index (χ4n) is 3.36. The van der Waals surface area contributed by atoms with Gasteiger partial charge < -0.3 is 14.2 Å². The van der Waals surface area contributed by atoms with Gasteiger partial charge in [-0.3, -0.25) is 4.79 Å². The van der Waals surface area contributed by atoms with Gasteiger partial charge in [-0.25, -0.2) is 0 Å². The van der Waals surface area contributed by atoms with Gasteiger partial charge in [0.25, 0.3) is 5.91 Å². The standard InChI is InChI=1S/C24H22ClN3O3/c1-3-20(30-21-14-8-10-16-9-4-5-11-17(16)21)24(29)28(2)15-22-26-23(27-31-22)18-12-6-7-13-19(18)25/h4-14,20H,3,15H2,1-2H3. The summed E-state index contributed by atoms with van der Waals surface area (Å²) in [6.45, 7) is 2.09. The molecule has 1 amide bonds. The Bertz CT molecular complexity index is 1200. The van der Waals surface area contributed by atoms with Crippen molar-refractivity contribution in [2.24, 2.45) is 0 Å². The number of hydrogen-bond acceptors (Lipinski definition) is 5. The van der Waals surface area contributed by atoms with E-state index in [4.69, 9.17) is 20.9 Å². The molecule has 0 aliphatic rings. The lowest BCUT2D eigenvalue weighted by Gasteiger charge is -2.23. The van der Waals surface area contributed by atoms with Crippen LogP contribution in [0.15, 0.2) is 71.3 Å². The molecule has 0 saturated heterocycles. The topological polar surface area (TPSA) is 68.5 Å². The average molecular weight is 436 g/mol. The van der Waals surface area contributed by atoms with E-state index in [-0.39, 0.29) is 12.5 Å². The summed E-state index contributed by atoms with van der Waals surface area (Å²) in [5, 5.41) is 6.56. The summed E-state index contributed by atoms with van der Waals surface area (Å²) in [6, 6.07) is 21.0. The Morgan fingerprint density at radius 1 is 1.10 bits per heavy atom. The number of aromatic nitrogens is 2. The second kappa shape index (κ2) is 9.18. The molecular weight excluding hydrogens is 414 g/mol. The Hall–Kier alpha value is -3.38. The molecule has 1 unspecified atom stereocenters. The summed E-state index contributed by atoms with van der Waals surface area (Å²) in [6.07, 6.45) is -0.0945. The Balaban J connectivity index is 1.47. The van der Waals surface area contributed by atoms with E-state index in [1.54, 1.807) is 13.1 Å². The minimum absolute atomic E-state index is 0.159. The Labute approximate surface area is 185 Å². The molecule has 7 heteroatoms. The molecule has 1 heterocycles. The average Bonchev–Trinajstić information content (AvgIpc) is 3.25. The first-order valence-electron chi connectivity index (χ1n) is 10.0. The van der Waals surface area contributed by atoms with E-state index in [9.17, 15) is 4.79 Å². The van der Waals surface area contributed by atoms with Gasteiger partial charge >= 0.3 is 0 Å². The third-order valence-corrected chi connectivity index (χ3v) is 5.33. The molecule has 4 aromatic rings. The molecule has 4 rings (SSSR count). The number of hydrogen-bond donors (Lipinski definition) is 0. The van der Waals surface area contributed by atoms with Crippen molar-refractivity contribution in [3.63, 3.8) is 0 Å². The molecule has 0 saturated carbocycles. The van der Waals surface area contributed by atoms with Gasteiger partial charge in [0.1, 0.15) is 5.75 Å². The normalized spacial score (nSPS) is 12.0. The van der Waals surface area contributed by atoms with Crippen LogP contribution < -0.4 is 4.74 Å². The van der Waals surface area contributed by atoms with Crippen LogP contribution in [0, 0.1) is 0 Å². The predicted molar refractivity (Wildman–Crippen MR) is 120 cm³/mol. The van der Waals surface area contributed by atoms with Gasteiger partial charge in [-0.2, -0.15) is 4.98 Å². The maximum atomic E-state index is 13.0. The number of carbonyl (C=O) groups excluding carboxylic acids is 1. The van der Waals surface area contributed by atoms with Crippen LogP contribution in [-0.2, 0) is 11.3 Å². The summed E-state index contributed by atoms with van der Waals surface area (Å²) in [5.74, 6) is 1.24. The van der Waals surface area contributed by atoms with Gasteiger partial charge in [-0.15, -0.1) is 0 Å². The Morgan fingerprint density at radius 3 is 2.65 bits per heavy atom. The molecule has 0 fully saturated rings. The van der Waals surface area contributed by atoms with E-state index < -0.39 is 6.10 Å². The van der Waals surface area contributed by atoms with Gasteiger partial charge in [0, 0.05) is 18.0 Å². The molecule has 158 valence electrons. The van der Waals surface area contributed by atoms with Crippen LogP contribution in [0.3, 0.4) is 0 Å². The number of halogens is 1. The number of fused-ring (bicyclic) bond motifs is 1. The zero-order valence-corrected chi connectivity index (χ0v) is 18.0. The second-order valence-corrected chi connectivity index (χ2v) is 7.59. The van der Waals surface area contributed by atoms with Crippen LogP contribution in [0.1, 0.15) is 19.2 Å². The van der Waals surface area contributed by atoms with Gasteiger partial charge in [0.05, 0.1) is 11.6 Å². The van der Waals surface area contributed by atoms with Crippen LogP contribution in [0.5, 0.6) is 5.75 Å². The van der Waals surface area contributed by atoms with Crippen molar-refractivity contribution in [1.82, 2.24) is 15.0 Å². The van der Waals surface area contributed by atoms with Crippen molar-refractivity contribution in [2.75, 3.05) is 7.05 Å². The summed E-state index contributed by atoms with van der Waals surface area (Å²) >= 11 is 6.20. The highest BCUT2D eigenvalue weighted by Gasteiger charge is 2.24. The molecular formula is C24H22ClN3O3. The Morgan fingerprint density at radius 2 is 1.84 bits per heavy atom. The number of rotatable bonds is 7. The number of nitrogens with zero attached hydrogens (tertiary/aromatic N) is 3. The molecule has 6 nitrogen and oxygen atoms in total. The maximum Gasteiger partial charge on any atom is 0.263 e. The van der Waals surface area contributed by atoms with Crippen LogP contribution in [0.4, 0.5) is 0 Å². The second-order valence-electron chi connectivity index (χ2n) is 7.18. The smallest absolute Gasteiger partial charge is 0.263 e. The van der Waals surface area contributed by atoms with E-state index in [1.807, 2.05) is 67.6 Å². The van der Waals surface area contributed by atoms with Gasteiger partial charge in [0.15, 0.2) is 6.10 Å². The molecule has 1 atom stereocenters. The third-order valence-electron chi connectivity index (χ3n) is 5.00. The molecule has 0 bridgehead atoms. The predicted octanol–water partition coefficient (Wildman–Crippen LogP) is 5.36. The van der Waals surface area contributed by atoms with E-state index >= 15 is 0 Å². The van der Waals surface area contributed by atoms with Crippen molar-refractivity contribution in [3.05, 3.63) is 77.6 Å². The largest absolute Gasteiger partial charge is 0.480 e. The maximum absolute atomic E-state index is 13.0. The van der Waals surface area contributed by atoms with Gasteiger partial charge in [0.2, 0.25) is 11.7 Å². The molecule has 31 heavy (non-hydrogen) atoms. The molecule has 0 aliphatic carbocycles. The highest BCUT2D eigenvalue weighted by Crippen LogP contribution is 2.27. The number of amides is 1. The fraction of sp³-hybridized carbons (Fsp3) is 0.208. The summed E-state index contributed by atoms with van der Waals surface area (Å²) in [5.41, 5.74) is 0.680. The first kappa shape index (κ1) is 20.9. The van der Waals surface area contributed by atoms with Crippen molar-refractivity contribution in [2.45, 2.75) is 26.0 Å². The molecule has 3 aromatic carbocycles. The van der Waals surface area contributed by atoms with Gasteiger partial charge in [-0.1, -0.05) is 72.2 Å². The summed E-state index contributed by atoms with van der Waals surface area (Å²) in [7, 11) is 1.69. The van der Waals surface area contributed by atoms with Crippen molar-refractivity contribution in [3.8, 4) is 17.1 Å².